The molecule has 29 heteroatoms. The first kappa shape index (κ1) is 84.5. The van der Waals surface area contributed by atoms with Crippen LogP contribution in [0.4, 0.5) is 20.2 Å². The van der Waals surface area contributed by atoms with Crippen LogP contribution in [0.2, 0.25) is 0 Å². The molecule has 2 saturated heterocycles. The first-order valence-electron chi connectivity index (χ1n) is 43.1. The maximum atomic E-state index is 14.1. The summed E-state index contributed by atoms with van der Waals surface area (Å²) in [4.78, 5) is 41.5. The van der Waals surface area contributed by atoms with Crippen LogP contribution in [-0.4, -0.2) is 180 Å². The van der Waals surface area contributed by atoms with Crippen molar-refractivity contribution in [2.45, 2.75) is 166 Å². The number of anilines is 2. The number of para-hydroxylation sites is 2. The van der Waals surface area contributed by atoms with Gasteiger partial charge in [0.1, 0.15) is 71.1 Å². The smallest absolute Gasteiger partial charge is 0.164 e. The highest BCUT2D eigenvalue weighted by Crippen LogP contribution is 2.37. The Balaban J connectivity index is 0.000000126. The van der Waals surface area contributed by atoms with Crippen LogP contribution in [0.25, 0.3) is 67.8 Å². The molecule has 10 heterocycles. The van der Waals surface area contributed by atoms with E-state index in [1.54, 1.807) is 98.6 Å². The topological polar surface area (TPSA) is 325 Å². The summed E-state index contributed by atoms with van der Waals surface area (Å²) in [6.07, 6.45) is 49.9. The van der Waals surface area contributed by atoms with Crippen LogP contribution in [-0.2, 0) is 0 Å². The highest BCUT2D eigenvalue weighted by molar-refractivity contribution is 5.68. The molecule has 8 N–H and O–H groups in total. The molecule has 6 fully saturated rings. The highest BCUT2D eigenvalue weighted by atomic mass is 19.1. The second-order valence-corrected chi connectivity index (χ2v) is 33.0. The molecule has 0 amide bonds. The molecule has 8 aromatic heterocycles. The van der Waals surface area contributed by atoms with Crippen LogP contribution in [0.5, 0.6) is 23.0 Å². The van der Waals surface area contributed by atoms with Crippen LogP contribution >= 0.6 is 0 Å². The lowest BCUT2D eigenvalue weighted by molar-refractivity contribution is 0.119. The lowest BCUT2D eigenvalue weighted by Crippen LogP contribution is -2.44. The lowest BCUT2D eigenvalue weighted by Gasteiger charge is -2.34. The summed E-state index contributed by atoms with van der Waals surface area (Å²) in [5.74, 6) is 4.19. The number of hydrogen-bond donors (Lipinski definition) is 4. The third-order valence-electron chi connectivity index (χ3n) is 24.4. The van der Waals surface area contributed by atoms with E-state index >= 15 is 0 Å². The predicted octanol–water partition coefficient (Wildman–Crippen LogP) is 14.7. The average Bonchev–Trinajstić information content (AvgIpc) is 1.70. The van der Waals surface area contributed by atoms with Crippen LogP contribution in [0.1, 0.15) is 135 Å². The van der Waals surface area contributed by atoms with Crippen molar-refractivity contribution in [1.82, 2.24) is 83.9 Å². The van der Waals surface area contributed by atoms with Crippen molar-refractivity contribution in [1.29, 1.82) is 0 Å². The van der Waals surface area contributed by atoms with Crippen molar-refractivity contribution in [3.63, 3.8) is 0 Å². The van der Waals surface area contributed by atoms with Crippen LogP contribution in [0.3, 0.4) is 0 Å². The lowest BCUT2D eigenvalue weighted by atomic mass is 9.83. The summed E-state index contributed by atoms with van der Waals surface area (Å²) in [6, 6.07) is 31.6. The zero-order chi connectivity index (χ0) is 83.2. The van der Waals surface area contributed by atoms with E-state index in [0.717, 1.165) is 193 Å². The Morgan fingerprint density at radius 2 is 0.719 bits per heavy atom. The maximum Gasteiger partial charge on any atom is 0.164 e. The fourth-order valence-corrected chi connectivity index (χ4v) is 16.8. The van der Waals surface area contributed by atoms with Crippen LogP contribution < -0.4 is 51.7 Å². The van der Waals surface area contributed by atoms with Gasteiger partial charge in [0.25, 0.3) is 0 Å². The molecule has 2 aliphatic heterocycles. The van der Waals surface area contributed by atoms with E-state index in [-0.39, 0.29) is 17.7 Å². The molecule has 0 radical (unpaired) electrons. The molecule has 4 saturated carbocycles. The minimum atomic E-state index is -0.333. The molecule has 18 rings (SSSR count). The molecule has 121 heavy (non-hydrogen) atoms. The molecule has 1 atom stereocenters. The van der Waals surface area contributed by atoms with E-state index in [2.05, 4.69) is 137 Å². The van der Waals surface area contributed by atoms with Crippen LogP contribution in [0.15, 0.2) is 197 Å². The van der Waals surface area contributed by atoms with E-state index in [9.17, 15) is 8.78 Å². The zero-order valence-electron chi connectivity index (χ0n) is 69.4. The Kier molecular flexibility index (Phi) is 29.1. The first-order chi connectivity index (χ1) is 59.2. The van der Waals surface area contributed by atoms with Gasteiger partial charge < -0.3 is 56.6 Å². The number of halogens is 2. The van der Waals surface area contributed by atoms with E-state index < -0.39 is 0 Å². The van der Waals surface area contributed by atoms with E-state index in [4.69, 9.17) is 41.9 Å². The average molecular weight is 1640 g/mol. The molecule has 0 bridgehead atoms. The molecular weight excluding hydrogens is 1530 g/mol. The van der Waals surface area contributed by atoms with Gasteiger partial charge in [0.15, 0.2) is 23.0 Å². The van der Waals surface area contributed by atoms with E-state index in [0.29, 0.717) is 113 Å². The van der Waals surface area contributed by atoms with Gasteiger partial charge in [0, 0.05) is 122 Å². The van der Waals surface area contributed by atoms with Crippen molar-refractivity contribution in [2.24, 2.45) is 46.6 Å². The van der Waals surface area contributed by atoms with Gasteiger partial charge in [-0.3, -0.25) is 0 Å². The normalized spacial score (nSPS) is 20.9. The number of nitrogens with two attached hydrogens (primary N) is 4. The van der Waals surface area contributed by atoms with Crippen molar-refractivity contribution in [3.05, 3.63) is 208 Å². The minimum absolute atomic E-state index is 0.0406. The maximum absolute atomic E-state index is 14.1. The second-order valence-electron chi connectivity index (χ2n) is 33.0. The van der Waals surface area contributed by atoms with Crippen molar-refractivity contribution < 1.29 is 27.7 Å². The van der Waals surface area contributed by atoms with E-state index in [1.165, 1.54) is 64.8 Å². The largest absolute Gasteiger partial charge is 0.490 e. The van der Waals surface area contributed by atoms with Gasteiger partial charge in [-0.1, -0.05) is 24.3 Å². The van der Waals surface area contributed by atoms with Gasteiger partial charge in [-0.2, -0.15) is 20.4 Å². The van der Waals surface area contributed by atoms with Crippen molar-refractivity contribution in [3.8, 4) is 90.8 Å². The molecule has 12 aromatic rings. The number of rotatable bonds is 23. The van der Waals surface area contributed by atoms with E-state index in [1.807, 2.05) is 34.2 Å². The fraction of sp³-hybridized carbons (Fsp3) is 0.435. The number of benzene rings is 4. The third kappa shape index (κ3) is 22.8. The Morgan fingerprint density at radius 3 is 1.14 bits per heavy atom. The number of piperidine rings is 1. The Bertz CT molecular complexity index is 5170. The summed E-state index contributed by atoms with van der Waals surface area (Å²) in [7, 11) is 2.18. The third-order valence-corrected chi connectivity index (χ3v) is 24.4. The number of aromatic nitrogens is 16. The van der Waals surface area contributed by atoms with Gasteiger partial charge in [0.2, 0.25) is 0 Å². The number of nitrogens with zero attached hydrogens (tertiary/aromatic N) is 19. The van der Waals surface area contributed by atoms with Gasteiger partial charge in [-0.05, 0) is 239 Å². The second kappa shape index (κ2) is 41.7. The quantitative estimate of drug-likeness (QED) is 0.0462. The molecule has 6 aliphatic rings. The summed E-state index contributed by atoms with van der Waals surface area (Å²) in [5, 5.41) is 17.7. The zero-order valence-corrected chi connectivity index (χ0v) is 69.4. The number of ether oxygens (including phenoxy) is 4. The summed E-state index contributed by atoms with van der Waals surface area (Å²) >= 11 is 0. The first-order valence-corrected chi connectivity index (χ1v) is 43.1. The molecule has 27 nitrogen and oxygen atoms in total. The monoisotopic (exact) mass is 1640 g/mol. The van der Waals surface area contributed by atoms with Gasteiger partial charge in [0.05, 0.1) is 86.9 Å². The number of hydrogen-bond acceptors (Lipinski definition) is 23. The molecular formula is C92H113F2N23O4. The van der Waals surface area contributed by atoms with Gasteiger partial charge in [-0.25, -0.2) is 67.4 Å². The minimum Gasteiger partial charge on any atom is -0.490 e. The fourth-order valence-electron chi connectivity index (χ4n) is 16.8. The Labute approximate surface area is 706 Å². The van der Waals surface area contributed by atoms with Crippen molar-refractivity contribution >= 4 is 11.4 Å². The van der Waals surface area contributed by atoms with Gasteiger partial charge in [-0.15, -0.1) is 0 Å². The molecule has 0 spiro atoms. The van der Waals surface area contributed by atoms with Gasteiger partial charge >= 0.3 is 0 Å². The predicted molar refractivity (Wildman–Crippen MR) is 465 cm³/mol. The Hall–Kier alpha value is -11.5. The molecule has 634 valence electrons. The summed E-state index contributed by atoms with van der Waals surface area (Å²) in [6.45, 7) is 10.7. The molecule has 1 unspecified atom stereocenters. The number of piperazine rings is 1. The highest BCUT2D eigenvalue weighted by Gasteiger charge is 2.29. The molecule has 4 aromatic carbocycles. The van der Waals surface area contributed by atoms with Crippen LogP contribution in [0, 0.1) is 35.3 Å². The standard InChI is InChI=1S/C25H33N7O.C25H32N6O.2C21H24FN5O/c1-30-10-12-31(13-11-30)22-6-8-23(9-7-22)32-16-20(14-29-32)25-24(15-27-18-28-25)33-17-19-2-4-21(26)5-3-19;26-21-6-4-19(5-7-21)17-32-24-15-27-18-28-25(24)20-14-29-31(16-20)23-10-8-22(9-11-23)30-12-2-1-3-13-30;1-14(15-6-8-17(23)9-7-15)28-20-11-24-13-25-21(20)16-10-26-27(12-16)19-5-3-2-4-18(19)22;22-18-3-1-2-4-19(18)27-13-16(11-26-27)21-20(12-24-14-25-21)28-10-9-15-5-7-17(23)8-6-15/h6-9,14-16,18-19,21H,2-5,10-13,17,26H2,1H3;8-11,14-16,18-19,21H,1-7,12-13,17,26H2;2-5,10-15,17H,6-9,23H2,1H3;1-4,11-15,17H,5-10,23H2. The SMILES string of the molecule is CC(Oc1cncnc1-c1cnn(-c2ccccc2F)c1)C1CCC(N)CC1.CN1CCN(c2ccc(-n3cc(-c4ncncc4OCC4CCC(N)CC4)cn3)cc2)CC1.NC1CCC(CCOc2cncnc2-c2cnn(-c3ccccc3F)c2)CC1.NC1CCC(COc2cncnc2-c2cnn(-c3ccc(N4CCCCC4)cc3)c2)CC1. The summed E-state index contributed by atoms with van der Waals surface area (Å²) in [5.41, 5.74) is 35.6. The summed E-state index contributed by atoms with van der Waals surface area (Å²) < 4.78 is 59.4. The Morgan fingerprint density at radius 1 is 0.372 bits per heavy atom. The molecule has 4 aliphatic carbocycles. The number of likely N-dealkylation sites (N-methyl/N-ethyl adjacent to an activating group) is 1. The van der Waals surface area contributed by atoms with Crippen molar-refractivity contribution in [2.75, 3.05) is 75.9 Å².